The van der Waals surface area contributed by atoms with Gasteiger partial charge in [0.05, 0.1) is 12.2 Å². The Bertz CT molecular complexity index is 363. The Balaban J connectivity index is 1.83. The molecule has 0 atom stereocenters. The second-order valence-corrected chi connectivity index (χ2v) is 4.55. The molecule has 1 heterocycles. The van der Waals surface area contributed by atoms with Gasteiger partial charge in [0.25, 0.3) is 0 Å². The number of pyridine rings is 1. The fraction of sp³-hybridized carbons (Fsp3) is 0.455. The number of rotatable bonds is 4. The van der Waals surface area contributed by atoms with Crippen molar-refractivity contribution in [3.63, 3.8) is 0 Å². The zero-order chi connectivity index (χ0) is 10.7. The van der Waals surface area contributed by atoms with Gasteiger partial charge in [-0.15, -0.1) is 0 Å². The Kier molecular flexibility index (Phi) is 3.36. The van der Waals surface area contributed by atoms with Crippen LogP contribution in [0, 0.1) is 5.92 Å². The number of aromatic nitrogens is 1. The van der Waals surface area contributed by atoms with Crippen molar-refractivity contribution in [3.05, 3.63) is 28.5 Å². The van der Waals surface area contributed by atoms with Gasteiger partial charge < -0.3 is 4.74 Å². The van der Waals surface area contributed by atoms with E-state index in [9.17, 15) is 4.79 Å². The van der Waals surface area contributed by atoms with E-state index in [4.69, 9.17) is 4.74 Å². The topological polar surface area (TPSA) is 39.2 Å². The molecule has 0 aromatic carbocycles. The highest BCUT2D eigenvalue weighted by Crippen LogP contribution is 2.32. The van der Waals surface area contributed by atoms with E-state index in [1.54, 1.807) is 18.3 Å². The van der Waals surface area contributed by atoms with Gasteiger partial charge in [-0.05, 0) is 40.4 Å². The Labute approximate surface area is 97.0 Å². The Morgan fingerprint density at radius 2 is 2.40 bits per heavy atom. The maximum absolute atomic E-state index is 11.5. The quantitative estimate of drug-likeness (QED) is 0.623. The standard InChI is InChI=1S/C11H12BrNO2/c12-10-7-9(3-5-13-10)11(14)15-6-4-8-1-2-8/h3,5,7-8H,1-2,4,6H2. The molecule has 0 N–H and O–H groups in total. The van der Waals surface area contributed by atoms with Crippen molar-refractivity contribution in [1.29, 1.82) is 0 Å². The summed E-state index contributed by atoms with van der Waals surface area (Å²) >= 11 is 3.21. The van der Waals surface area contributed by atoms with Gasteiger partial charge in [-0.3, -0.25) is 0 Å². The molecule has 1 aromatic heterocycles. The number of hydrogen-bond donors (Lipinski definition) is 0. The van der Waals surface area contributed by atoms with E-state index >= 15 is 0 Å². The minimum Gasteiger partial charge on any atom is -0.462 e. The van der Waals surface area contributed by atoms with Gasteiger partial charge in [-0.25, -0.2) is 9.78 Å². The predicted molar refractivity (Wildman–Crippen MR) is 59.6 cm³/mol. The maximum atomic E-state index is 11.5. The molecule has 3 nitrogen and oxygen atoms in total. The summed E-state index contributed by atoms with van der Waals surface area (Å²) in [7, 11) is 0. The van der Waals surface area contributed by atoms with Crippen LogP contribution in [0.2, 0.25) is 0 Å². The second kappa shape index (κ2) is 4.75. The van der Waals surface area contributed by atoms with Crippen molar-refractivity contribution < 1.29 is 9.53 Å². The highest BCUT2D eigenvalue weighted by molar-refractivity contribution is 9.10. The fourth-order valence-corrected chi connectivity index (χ4v) is 1.70. The van der Waals surface area contributed by atoms with Crippen LogP contribution in [-0.2, 0) is 4.74 Å². The molecule has 0 amide bonds. The van der Waals surface area contributed by atoms with E-state index in [0.717, 1.165) is 12.3 Å². The lowest BCUT2D eigenvalue weighted by molar-refractivity contribution is 0.0494. The summed E-state index contributed by atoms with van der Waals surface area (Å²) in [4.78, 5) is 15.5. The summed E-state index contributed by atoms with van der Waals surface area (Å²) in [5.74, 6) is 0.528. The van der Waals surface area contributed by atoms with Crippen molar-refractivity contribution in [3.8, 4) is 0 Å². The van der Waals surface area contributed by atoms with E-state index in [-0.39, 0.29) is 5.97 Å². The molecule has 1 saturated carbocycles. The normalized spacial score (nSPS) is 15.0. The molecule has 1 aromatic rings. The third-order valence-electron chi connectivity index (χ3n) is 2.42. The minimum atomic E-state index is -0.265. The fourth-order valence-electron chi connectivity index (χ4n) is 1.34. The lowest BCUT2D eigenvalue weighted by Gasteiger charge is -2.03. The number of carbonyl (C=O) groups excluding carboxylic acids is 1. The van der Waals surface area contributed by atoms with Crippen LogP contribution in [0.15, 0.2) is 22.9 Å². The molecular formula is C11H12BrNO2. The summed E-state index contributed by atoms with van der Waals surface area (Å²) in [6, 6.07) is 3.32. The molecule has 0 saturated heterocycles. The molecule has 0 unspecified atom stereocenters. The van der Waals surface area contributed by atoms with Crippen LogP contribution in [0.1, 0.15) is 29.6 Å². The lowest BCUT2D eigenvalue weighted by atomic mass is 10.3. The zero-order valence-electron chi connectivity index (χ0n) is 8.28. The van der Waals surface area contributed by atoms with E-state index in [1.807, 2.05) is 0 Å². The highest BCUT2D eigenvalue weighted by atomic mass is 79.9. The molecule has 4 heteroatoms. The summed E-state index contributed by atoms with van der Waals surface area (Å²) in [5.41, 5.74) is 0.549. The Morgan fingerprint density at radius 3 is 3.07 bits per heavy atom. The van der Waals surface area contributed by atoms with Gasteiger partial charge in [0.1, 0.15) is 4.60 Å². The largest absolute Gasteiger partial charge is 0.462 e. The minimum absolute atomic E-state index is 0.265. The molecule has 1 fully saturated rings. The number of nitrogens with zero attached hydrogens (tertiary/aromatic N) is 1. The van der Waals surface area contributed by atoms with Gasteiger partial charge >= 0.3 is 5.97 Å². The molecule has 1 aliphatic carbocycles. The van der Waals surface area contributed by atoms with Gasteiger partial charge in [-0.2, -0.15) is 0 Å². The number of carbonyl (C=O) groups is 1. The first-order valence-electron chi connectivity index (χ1n) is 5.04. The van der Waals surface area contributed by atoms with Gasteiger partial charge in [0.2, 0.25) is 0 Å². The van der Waals surface area contributed by atoms with Gasteiger partial charge in [0.15, 0.2) is 0 Å². The molecule has 0 radical (unpaired) electrons. The SMILES string of the molecule is O=C(OCCC1CC1)c1ccnc(Br)c1. The second-order valence-electron chi connectivity index (χ2n) is 3.74. The maximum Gasteiger partial charge on any atom is 0.338 e. The zero-order valence-corrected chi connectivity index (χ0v) is 9.87. The molecule has 0 bridgehead atoms. The molecule has 0 spiro atoms. The van der Waals surface area contributed by atoms with Crippen molar-refractivity contribution in [2.45, 2.75) is 19.3 Å². The van der Waals surface area contributed by atoms with E-state index < -0.39 is 0 Å². The summed E-state index contributed by atoms with van der Waals surface area (Å²) in [6.07, 6.45) is 5.16. The van der Waals surface area contributed by atoms with Crippen LogP contribution >= 0.6 is 15.9 Å². The third-order valence-corrected chi connectivity index (χ3v) is 2.85. The van der Waals surface area contributed by atoms with Crippen molar-refractivity contribution in [2.24, 2.45) is 5.92 Å². The van der Waals surface area contributed by atoms with Crippen molar-refractivity contribution >= 4 is 21.9 Å². The average molecular weight is 270 g/mol. The van der Waals surface area contributed by atoms with Crippen LogP contribution in [0.3, 0.4) is 0 Å². The van der Waals surface area contributed by atoms with Gasteiger partial charge in [-0.1, -0.05) is 12.8 Å². The Morgan fingerprint density at radius 1 is 1.60 bits per heavy atom. The average Bonchev–Trinajstić information content (AvgIpc) is 3.01. The summed E-state index contributed by atoms with van der Waals surface area (Å²) < 4.78 is 5.80. The van der Waals surface area contributed by atoms with E-state index in [1.165, 1.54) is 12.8 Å². The van der Waals surface area contributed by atoms with E-state index in [0.29, 0.717) is 16.8 Å². The third kappa shape index (κ3) is 3.30. The first-order chi connectivity index (χ1) is 7.25. The molecule has 80 valence electrons. The number of halogens is 1. The van der Waals surface area contributed by atoms with Crippen LogP contribution in [0.5, 0.6) is 0 Å². The number of esters is 1. The lowest BCUT2D eigenvalue weighted by Crippen LogP contribution is -2.07. The van der Waals surface area contributed by atoms with Crippen molar-refractivity contribution in [1.82, 2.24) is 4.98 Å². The highest BCUT2D eigenvalue weighted by Gasteiger charge is 2.21. The number of ether oxygens (including phenoxy) is 1. The smallest absolute Gasteiger partial charge is 0.338 e. The van der Waals surface area contributed by atoms with Gasteiger partial charge in [0, 0.05) is 6.20 Å². The summed E-state index contributed by atoms with van der Waals surface area (Å²) in [5, 5.41) is 0. The van der Waals surface area contributed by atoms with Crippen LogP contribution in [0.25, 0.3) is 0 Å². The molecule has 0 aliphatic heterocycles. The summed E-state index contributed by atoms with van der Waals surface area (Å²) in [6.45, 7) is 0.531. The first-order valence-corrected chi connectivity index (χ1v) is 5.83. The van der Waals surface area contributed by atoms with Crippen molar-refractivity contribution in [2.75, 3.05) is 6.61 Å². The van der Waals surface area contributed by atoms with Crippen LogP contribution < -0.4 is 0 Å². The monoisotopic (exact) mass is 269 g/mol. The predicted octanol–water partition coefficient (Wildman–Crippen LogP) is 2.80. The van der Waals surface area contributed by atoms with E-state index in [2.05, 4.69) is 20.9 Å². The first kappa shape index (κ1) is 10.6. The number of hydrogen-bond acceptors (Lipinski definition) is 3. The molecule has 2 rings (SSSR count). The van der Waals surface area contributed by atoms with Crippen LogP contribution in [-0.4, -0.2) is 17.6 Å². The Hall–Kier alpha value is -0.900. The molecular weight excluding hydrogens is 258 g/mol. The van der Waals surface area contributed by atoms with Crippen LogP contribution in [0.4, 0.5) is 0 Å². The molecule has 15 heavy (non-hydrogen) atoms. The molecule has 1 aliphatic rings.